The Kier molecular flexibility index (Phi) is 6.63. The number of aromatic nitrogens is 4. The number of nitrogens with one attached hydrogen (secondary N) is 2. The van der Waals surface area contributed by atoms with E-state index in [1.54, 1.807) is 37.6 Å². The van der Waals surface area contributed by atoms with Crippen molar-refractivity contribution in [2.75, 3.05) is 29.4 Å². The van der Waals surface area contributed by atoms with E-state index < -0.39 is 0 Å². The standard InChI is InChI=1S/C18H20N8O2S/c1-12(15-8-3-4-9-20-15)22-23-17-24-25-18(26(17)19)29-11-16(27)21-13-6-5-7-14(10-13)28-2/h3-10H,11,19H2,1-2H3,(H,21,27)(H,23,24)/b22-12+. The Labute approximate surface area is 171 Å². The number of carbonyl (C=O) groups is 1. The molecular formula is C18H20N8O2S. The Morgan fingerprint density at radius 3 is 2.90 bits per heavy atom. The number of rotatable bonds is 8. The molecule has 0 saturated heterocycles. The Balaban J connectivity index is 1.56. The predicted octanol–water partition coefficient (Wildman–Crippen LogP) is 1.96. The molecule has 1 amide bonds. The molecule has 0 fully saturated rings. The Morgan fingerprint density at radius 2 is 2.14 bits per heavy atom. The van der Waals surface area contributed by atoms with Gasteiger partial charge in [0, 0.05) is 18.0 Å². The van der Waals surface area contributed by atoms with Crippen LogP contribution in [-0.2, 0) is 4.79 Å². The average Bonchev–Trinajstić information content (AvgIpc) is 3.10. The van der Waals surface area contributed by atoms with Crippen LogP contribution in [0.3, 0.4) is 0 Å². The fourth-order valence-electron chi connectivity index (χ4n) is 2.25. The van der Waals surface area contributed by atoms with E-state index >= 15 is 0 Å². The molecule has 150 valence electrons. The summed E-state index contributed by atoms with van der Waals surface area (Å²) in [5, 5.41) is 15.3. The van der Waals surface area contributed by atoms with Crippen LogP contribution in [0.5, 0.6) is 5.75 Å². The van der Waals surface area contributed by atoms with Crippen LogP contribution in [0.25, 0.3) is 0 Å². The minimum Gasteiger partial charge on any atom is -0.497 e. The van der Waals surface area contributed by atoms with Crippen molar-refractivity contribution in [3.8, 4) is 5.75 Å². The summed E-state index contributed by atoms with van der Waals surface area (Å²) in [6, 6.07) is 12.7. The van der Waals surface area contributed by atoms with Gasteiger partial charge in [0.25, 0.3) is 5.95 Å². The third kappa shape index (κ3) is 5.45. The van der Waals surface area contributed by atoms with Crippen LogP contribution in [0, 0.1) is 0 Å². The number of nitrogens with zero attached hydrogens (tertiary/aromatic N) is 5. The second-order valence-corrected chi connectivity index (χ2v) is 6.71. The van der Waals surface area contributed by atoms with E-state index in [1.807, 2.05) is 25.1 Å². The van der Waals surface area contributed by atoms with Crippen LogP contribution in [0.1, 0.15) is 12.6 Å². The summed E-state index contributed by atoms with van der Waals surface area (Å²) in [7, 11) is 1.57. The Bertz CT molecular complexity index is 1010. The number of hydrazone groups is 1. The van der Waals surface area contributed by atoms with Gasteiger partial charge in [-0.05, 0) is 31.2 Å². The van der Waals surface area contributed by atoms with Crippen LogP contribution in [0.2, 0.25) is 0 Å². The molecular weight excluding hydrogens is 392 g/mol. The number of nitrogens with two attached hydrogens (primary N) is 1. The smallest absolute Gasteiger partial charge is 0.264 e. The van der Waals surface area contributed by atoms with Crippen molar-refractivity contribution in [1.29, 1.82) is 0 Å². The summed E-state index contributed by atoms with van der Waals surface area (Å²) in [5.41, 5.74) is 4.80. The molecule has 0 atom stereocenters. The van der Waals surface area contributed by atoms with Gasteiger partial charge < -0.3 is 15.9 Å². The molecule has 1 aromatic carbocycles. The van der Waals surface area contributed by atoms with Gasteiger partial charge in [-0.15, -0.1) is 10.2 Å². The number of carbonyl (C=O) groups excluding carboxylic acids is 1. The van der Waals surface area contributed by atoms with E-state index in [2.05, 4.69) is 31.0 Å². The van der Waals surface area contributed by atoms with Crippen LogP contribution < -0.4 is 21.3 Å². The van der Waals surface area contributed by atoms with Crippen molar-refractivity contribution in [2.45, 2.75) is 12.1 Å². The van der Waals surface area contributed by atoms with Crippen LogP contribution in [0.4, 0.5) is 11.6 Å². The summed E-state index contributed by atoms with van der Waals surface area (Å²) in [4.78, 5) is 16.4. The molecule has 0 unspecified atom stereocenters. The number of hydrogen-bond donors (Lipinski definition) is 3. The summed E-state index contributed by atoms with van der Waals surface area (Å²) < 4.78 is 6.37. The zero-order chi connectivity index (χ0) is 20.6. The third-order valence-corrected chi connectivity index (χ3v) is 4.65. The molecule has 0 bridgehead atoms. The van der Waals surface area contributed by atoms with Gasteiger partial charge in [-0.2, -0.15) is 5.10 Å². The van der Waals surface area contributed by atoms with Crippen LogP contribution >= 0.6 is 11.8 Å². The van der Waals surface area contributed by atoms with Gasteiger partial charge >= 0.3 is 0 Å². The Hall–Kier alpha value is -3.60. The molecule has 4 N–H and O–H groups in total. The Morgan fingerprint density at radius 1 is 1.28 bits per heavy atom. The maximum absolute atomic E-state index is 12.2. The number of methoxy groups -OCH3 is 1. The van der Waals surface area contributed by atoms with Gasteiger partial charge in [0.15, 0.2) is 0 Å². The molecule has 0 saturated carbocycles. The molecule has 2 aromatic heterocycles. The number of hydrogen-bond acceptors (Lipinski definition) is 9. The number of amides is 1. The zero-order valence-electron chi connectivity index (χ0n) is 15.9. The number of pyridine rings is 1. The molecule has 0 spiro atoms. The maximum Gasteiger partial charge on any atom is 0.264 e. The second kappa shape index (κ2) is 9.55. The lowest BCUT2D eigenvalue weighted by Crippen LogP contribution is -2.17. The number of nitrogen functional groups attached to an aromatic ring is 1. The number of anilines is 2. The SMILES string of the molecule is COc1cccc(NC(=O)CSc2nnc(N/N=C(\C)c3ccccn3)n2N)c1. The molecule has 2 heterocycles. The first-order valence-corrected chi connectivity index (χ1v) is 9.54. The van der Waals surface area contributed by atoms with Gasteiger partial charge in [0.2, 0.25) is 11.1 Å². The lowest BCUT2D eigenvalue weighted by molar-refractivity contribution is -0.113. The molecule has 0 radical (unpaired) electrons. The van der Waals surface area contributed by atoms with E-state index in [0.717, 1.165) is 17.5 Å². The molecule has 11 heteroatoms. The summed E-state index contributed by atoms with van der Waals surface area (Å²) in [6.45, 7) is 1.81. The van der Waals surface area contributed by atoms with Crippen molar-refractivity contribution in [1.82, 2.24) is 19.9 Å². The lowest BCUT2D eigenvalue weighted by atomic mass is 10.3. The highest BCUT2D eigenvalue weighted by molar-refractivity contribution is 7.99. The van der Waals surface area contributed by atoms with E-state index in [9.17, 15) is 4.79 Å². The minimum absolute atomic E-state index is 0.114. The maximum atomic E-state index is 12.2. The van der Waals surface area contributed by atoms with E-state index in [4.69, 9.17) is 10.6 Å². The second-order valence-electron chi connectivity index (χ2n) is 5.77. The highest BCUT2D eigenvalue weighted by Gasteiger charge is 2.12. The summed E-state index contributed by atoms with van der Waals surface area (Å²) in [5.74, 6) is 6.80. The van der Waals surface area contributed by atoms with Crippen molar-refractivity contribution < 1.29 is 9.53 Å². The van der Waals surface area contributed by atoms with Crippen LogP contribution in [-0.4, -0.2) is 44.3 Å². The number of benzene rings is 1. The minimum atomic E-state index is -0.204. The highest BCUT2D eigenvalue weighted by Crippen LogP contribution is 2.19. The van der Waals surface area contributed by atoms with E-state index in [1.165, 1.54) is 4.68 Å². The van der Waals surface area contributed by atoms with Crippen molar-refractivity contribution in [3.63, 3.8) is 0 Å². The molecule has 3 rings (SSSR count). The first kappa shape index (κ1) is 20.1. The predicted molar refractivity (Wildman–Crippen MR) is 113 cm³/mol. The van der Waals surface area contributed by atoms with Crippen molar-refractivity contribution >= 4 is 35.0 Å². The quantitative estimate of drug-likeness (QED) is 0.221. The first-order valence-electron chi connectivity index (χ1n) is 8.55. The topological polar surface area (TPSA) is 132 Å². The van der Waals surface area contributed by atoms with Gasteiger partial charge in [0.05, 0.1) is 24.3 Å². The molecule has 3 aromatic rings. The molecule has 0 aliphatic carbocycles. The van der Waals surface area contributed by atoms with Crippen molar-refractivity contribution in [2.24, 2.45) is 5.10 Å². The number of ether oxygens (including phenoxy) is 1. The largest absolute Gasteiger partial charge is 0.497 e. The van der Waals surface area contributed by atoms with Gasteiger partial charge in [-0.3, -0.25) is 9.78 Å². The van der Waals surface area contributed by atoms with E-state index in [-0.39, 0.29) is 17.6 Å². The van der Waals surface area contributed by atoms with E-state index in [0.29, 0.717) is 22.3 Å². The molecule has 0 aliphatic heterocycles. The normalized spacial score (nSPS) is 11.2. The van der Waals surface area contributed by atoms with Crippen LogP contribution in [0.15, 0.2) is 58.9 Å². The molecule has 29 heavy (non-hydrogen) atoms. The fourth-order valence-corrected chi connectivity index (χ4v) is 2.90. The van der Waals surface area contributed by atoms with Gasteiger partial charge in [-0.1, -0.05) is 23.9 Å². The third-order valence-electron chi connectivity index (χ3n) is 3.71. The molecule has 0 aliphatic rings. The summed E-state index contributed by atoms with van der Waals surface area (Å²) in [6.07, 6.45) is 1.69. The average molecular weight is 412 g/mol. The first-order chi connectivity index (χ1) is 14.1. The zero-order valence-corrected chi connectivity index (χ0v) is 16.7. The fraction of sp³-hybridized carbons (Fsp3) is 0.167. The molecule has 10 nitrogen and oxygen atoms in total. The van der Waals surface area contributed by atoms with Crippen molar-refractivity contribution in [3.05, 3.63) is 54.4 Å². The highest BCUT2D eigenvalue weighted by atomic mass is 32.2. The number of thioether (sulfide) groups is 1. The monoisotopic (exact) mass is 412 g/mol. The van der Waals surface area contributed by atoms with Gasteiger partial charge in [-0.25, -0.2) is 10.1 Å². The summed E-state index contributed by atoms with van der Waals surface area (Å²) >= 11 is 1.16. The lowest BCUT2D eigenvalue weighted by Gasteiger charge is -2.07. The van der Waals surface area contributed by atoms with Gasteiger partial charge in [0.1, 0.15) is 5.75 Å².